The van der Waals surface area contributed by atoms with Crippen LogP contribution in [-0.4, -0.2) is 8.32 Å². The van der Waals surface area contributed by atoms with Crippen molar-refractivity contribution in [2.24, 2.45) is 0 Å². The van der Waals surface area contributed by atoms with Crippen LogP contribution in [0.2, 0.25) is 18.1 Å². The first kappa shape index (κ1) is 17.1. The van der Waals surface area contributed by atoms with Gasteiger partial charge in [0.05, 0.1) is 11.6 Å². The van der Waals surface area contributed by atoms with E-state index in [-0.39, 0.29) is 5.04 Å². The Kier molecular flexibility index (Phi) is 4.81. The zero-order valence-electron chi connectivity index (χ0n) is 14.5. The maximum atomic E-state index is 8.95. The molecule has 0 saturated carbocycles. The number of anilines is 2. The Morgan fingerprint density at radius 2 is 1.65 bits per heavy atom. The van der Waals surface area contributed by atoms with E-state index < -0.39 is 8.32 Å². The lowest BCUT2D eigenvalue weighted by atomic mass is 10.2. The number of rotatable bonds is 4. The summed E-state index contributed by atoms with van der Waals surface area (Å²) >= 11 is 0. The van der Waals surface area contributed by atoms with Crippen molar-refractivity contribution in [2.75, 3.05) is 5.32 Å². The van der Waals surface area contributed by atoms with E-state index in [1.807, 2.05) is 42.5 Å². The van der Waals surface area contributed by atoms with Crippen LogP contribution in [0, 0.1) is 11.3 Å². The molecule has 2 aromatic rings. The molecule has 23 heavy (non-hydrogen) atoms. The van der Waals surface area contributed by atoms with E-state index in [1.165, 1.54) is 0 Å². The van der Waals surface area contributed by atoms with Gasteiger partial charge in [0.1, 0.15) is 5.75 Å². The third kappa shape index (κ3) is 4.36. The Bertz CT molecular complexity index is 709. The largest absolute Gasteiger partial charge is 0.544 e. The molecule has 0 heterocycles. The molecule has 4 heteroatoms. The summed E-state index contributed by atoms with van der Waals surface area (Å²) in [6.45, 7) is 11.2. The van der Waals surface area contributed by atoms with E-state index >= 15 is 0 Å². The van der Waals surface area contributed by atoms with Crippen LogP contribution in [0.3, 0.4) is 0 Å². The highest BCUT2D eigenvalue weighted by Crippen LogP contribution is 2.37. The molecule has 0 aliphatic heterocycles. The Hall–Kier alpha value is -2.25. The molecule has 0 bridgehead atoms. The maximum absolute atomic E-state index is 8.95. The van der Waals surface area contributed by atoms with Gasteiger partial charge < -0.3 is 9.74 Å². The third-order valence-electron chi connectivity index (χ3n) is 4.31. The number of nitrogens with one attached hydrogen (secondary N) is 1. The molecule has 120 valence electrons. The second-order valence-electron chi connectivity index (χ2n) is 7.20. The van der Waals surface area contributed by atoms with Crippen LogP contribution in [0.5, 0.6) is 5.75 Å². The lowest BCUT2D eigenvalue weighted by Crippen LogP contribution is -2.43. The van der Waals surface area contributed by atoms with Crippen LogP contribution in [0.25, 0.3) is 0 Å². The lowest BCUT2D eigenvalue weighted by Gasteiger charge is -2.36. The number of nitriles is 1. The van der Waals surface area contributed by atoms with Gasteiger partial charge in [-0.2, -0.15) is 5.26 Å². The van der Waals surface area contributed by atoms with Crippen LogP contribution >= 0.6 is 0 Å². The van der Waals surface area contributed by atoms with E-state index in [0.29, 0.717) is 5.56 Å². The highest BCUT2D eigenvalue weighted by molar-refractivity contribution is 6.74. The maximum Gasteiger partial charge on any atom is 0.250 e. The fraction of sp³-hybridized carbons (Fsp3) is 0.316. The van der Waals surface area contributed by atoms with E-state index in [0.717, 1.165) is 17.1 Å². The summed E-state index contributed by atoms with van der Waals surface area (Å²) in [5.74, 6) is 0.910. The summed E-state index contributed by atoms with van der Waals surface area (Å²) in [6.07, 6.45) is 0. The van der Waals surface area contributed by atoms with Crippen LogP contribution < -0.4 is 9.74 Å². The van der Waals surface area contributed by atoms with Crippen LogP contribution in [0.1, 0.15) is 26.3 Å². The minimum absolute atomic E-state index is 0.182. The van der Waals surface area contributed by atoms with Gasteiger partial charge in [-0.3, -0.25) is 0 Å². The van der Waals surface area contributed by atoms with Crippen LogP contribution in [0.4, 0.5) is 11.4 Å². The summed E-state index contributed by atoms with van der Waals surface area (Å²) in [6, 6.07) is 17.6. The van der Waals surface area contributed by atoms with Gasteiger partial charge in [-0.1, -0.05) is 26.8 Å². The van der Waals surface area contributed by atoms with Gasteiger partial charge in [-0.15, -0.1) is 0 Å². The second-order valence-corrected chi connectivity index (χ2v) is 11.9. The van der Waals surface area contributed by atoms with Gasteiger partial charge in [-0.25, -0.2) is 0 Å². The molecule has 0 aromatic heterocycles. The van der Waals surface area contributed by atoms with Crippen molar-refractivity contribution < 1.29 is 4.43 Å². The average Bonchev–Trinajstić information content (AvgIpc) is 2.48. The Labute approximate surface area is 140 Å². The molecule has 0 radical (unpaired) electrons. The first-order valence-corrected chi connectivity index (χ1v) is 10.7. The van der Waals surface area contributed by atoms with Gasteiger partial charge in [-0.05, 0) is 60.6 Å². The Morgan fingerprint density at radius 3 is 2.22 bits per heavy atom. The van der Waals surface area contributed by atoms with E-state index in [4.69, 9.17) is 9.69 Å². The SMILES string of the molecule is CC(C)(C)[Si](C)(C)Oc1ccc(Nc2cccc(C#N)c2)cc1. The molecule has 0 spiro atoms. The summed E-state index contributed by atoms with van der Waals surface area (Å²) in [5.41, 5.74) is 2.53. The van der Waals surface area contributed by atoms with Gasteiger partial charge >= 0.3 is 0 Å². The molecule has 0 saturated heterocycles. The number of nitrogens with zero attached hydrogens (tertiary/aromatic N) is 1. The van der Waals surface area contributed by atoms with Gasteiger partial charge in [0.25, 0.3) is 0 Å². The Morgan fingerprint density at radius 1 is 1.00 bits per heavy atom. The van der Waals surface area contributed by atoms with Crippen molar-refractivity contribution in [2.45, 2.75) is 38.9 Å². The van der Waals surface area contributed by atoms with E-state index in [2.05, 4.69) is 45.3 Å². The normalized spacial score (nSPS) is 11.7. The van der Waals surface area contributed by atoms with Crippen molar-refractivity contribution in [1.82, 2.24) is 0 Å². The topological polar surface area (TPSA) is 45.0 Å². The molecule has 2 aromatic carbocycles. The zero-order valence-corrected chi connectivity index (χ0v) is 15.5. The summed E-state index contributed by atoms with van der Waals surface area (Å²) in [5, 5.41) is 12.4. The first-order chi connectivity index (χ1) is 10.7. The van der Waals surface area contributed by atoms with Crippen LogP contribution in [0.15, 0.2) is 48.5 Å². The average molecular weight is 325 g/mol. The van der Waals surface area contributed by atoms with Gasteiger partial charge in [0.2, 0.25) is 8.32 Å². The predicted molar refractivity (Wildman–Crippen MR) is 98.7 cm³/mol. The standard InChI is InChI=1S/C19H24N2OSi/c1-19(2,3)23(4,5)22-18-11-9-16(10-12-18)21-17-8-6-7-15(13-17)14-20/h6-13,21H,1-5H3. The minimum atomic E-state index is -1.81. The van der Waals surface area contributed by atoms with E-state index in [9.17, 15) is 0 Å². The molecule has 0 unspecified atom stereocenters. The number of hydrogen-bond acceptors (Lipinski definition) is 3. The highest BCUT2D eigenvalue weighted by Gasteiger charge is 2.38. The molecule has 3 nitrogen and oxygen atoms in total. The first-order valence-electron chi connectivity index (χ1n) is 7.77. The molecule has 0 fully saturated rings. The fourth-order valence-corrected chi connectivity index (χ4v) is 2.92. The Balaban J connectivity index is 2.09. The summed E-state index contributed by atoms with van der Waals surface area (Å²) in [7, 11) is -1.81. The monoisotopic (exact) mass is 324 g/mol. The van der Waals surface area contributed by atoms with Crippen molar-refractivity contribution >= 4 is 19.7 Å². The molecule has 0 amide bonds. The van der Waals surface area contributed by atoms with Crippen molar-refractivity contribution in [3.05, 3.63) is 54.1 Å². The smallest absolute Gasteiger partial charge is 0.250 e. The fourth-order valence-electron chi connectivity index (χ4n) is 1.89. The molecule has 1 N–H and O–H groups in total. The lowest BCUT2D eigenvalue weighted by molar-refractivity contribution is 0.492. The van der Waals surface area contributed by atoms with Crippen molar-refractivity contribution in [3.63, 3.8) is 0 Å². The number of hydrogen-bond donors (Lipinski definition) is 1. The molecule has 0 aliphatic carbocycles. The highest BCUT2D eigenvalue weighted by atomic mass is 28.4. The quantitative estimate of drug-likeness (QED) is 0.735. The summed E-state index contributed by atoms with van der Waals surface area (Å²) < 4.78 is 6.28. The molecule has 0 aliphatic rings. The second kappa shape index (κ2) is 6.47. The van der Waals surface area contributed by atoms with Crippen LogP contribution in [-0.2, 0) is 0 Å². The number of benzene rings is 2. The van der Waals surface area contributed by atoms with Crippen molar-refractivity contribution in [1.29, 1.82) is 5.26 Å². The third-order valence-corrected chi connectivity index (χ3v) is 8.67. The molecule has 2 rings (SSSR count). The zero-order chi connectivity index (χ0) is 17.1. The summed E-state index contributed by atoms with van der Waals surface area (Å²) in [4.78, 5) is 0. The molecular formula is C19H24N2OSi. The predicted octanol–water partition coefficient (Wildman–Crippen LogP) is 5.69. The van der Waals surface area contributed by atoms with E-state index in [1.54, 1.807) is 6.07 Å². The van der Waals surface area contributed by atoms with Gasteiger partial charge in [0, 0.05) is 11.4 Å². The molecule has 0 atom stereocenters. The molecular weight excluding hydrogens is 300 g/mol. The van der Waals surface area contributed by atoms with Gasteiger partial charge in [0.15, 0.2) is 0 Å². The minimum Gasteiger partial charge on any atom is -0.544 e. The van der Waals surface area contributed by atoms with Crippen molar-refractivity contribution in [3.8, 4) is 11.8 Å².